The maximum absolute atomic E-state index is 12.7. The maximum atomic E-state index is 12.7. The molecule has 0 amide bonds. The van der Waals surface area contributed by atoms with Crippen molar-refractivity contribution in [2.24, 2.45) is 5.41 Å². The summed E-state index contributed by atoms with van der Waals surface area (Å²) in [5.41, 5.74) is -0.242. The Balaban J connectivity index is 2.20. The summed E-state index contributed by atoms with van der Waals surface area (Å²) in [5, 5.41) is 3.27. The standard InChI is InChI=1S/C16H26N2O6S/c1-4-12-14(9-13(24-12)15(19)23-3)25(20,21)18-10-16(11-22-2)5-7-17-8-6-16/h9,17-18H,4-8,10-11H2,1-3H3. The Morgan fingerprint density at radius 3 is 2.60 bits per heavy atom. The lowest BCUT2D eigenvalue weighted by Gasteiger charge is -2.37. The summed E-state index contributed by atoms with van der Waals surface area (Å²) in [6.45, 7) is 4.16. The molecule has 2 rings (SSSR count). The van der Waals surface area contributed by atoms with Gasteiger partial charge in [0.15, 0.2) is 0 Å². The van der Waals surface area contributed by atoms with Crippen LogP contribution in [0.4, 0.5) is 0 Å². The monoisotopic (exact) mass is 374 g/mol. The molecule has 2 heterocycles. The Morgan fingerprint density at radius 1 is 1.36 bits per heavy atom. The zero-order chi connectivity index (χ0) is 18.5. The fraction of sp³-hybridized carbons (Fsp3) is 0.688. The van der Waals surface area contributed by atoms with Gasteiger partial charge in [-0.3, -0.25) is 0 Å². The van der Waals surface area contributed by atoms with E-state index < -0.39 is 16.0 Å². The molecule has 0 saturated carbocycles. The number of hydrogen-bond acceptors (Lipinski definition) is 7. The summed E-state index contributed by atoms with van der Waals surface area (Å²) >= 11 is 0. The lowest BCUT2D eigenvalue weighted by atomic mass is 9.80. The van der Waals surface area contributed by atoms with Gasteiger partial charge in [0.25, 0.3) is 0 Å². The van der Waals surface area contributed by atoms with Crippen LogP contribution in [0.1, 0.15) is 36.1 Å². The minimum atomic E-state index is -3.81. The van der Waals surface area contributed by atoms with Gasteiger partial charge in [0.05, 0.1) is 13.7 Å². The molecular weight excluding hydrogens is 348 g/mol. The molecule has 1 aromatic rings. The molecule has 25 heavy (non-hydrogen) atoms. The lowest BCUT2D eigenvalue weighted by molar-refractivity contribution is 0.0563. The van der Waals surface area contributed by atoms with Crippen molar-refractivity contribution < 1.29 is 27.1 Å². The first-order valence-corrected chi connectivity index (χ1v) is 9.76. The van der Waals surface area contributed by atoms with E-state index in [-0.39, 0.29) is 28.4 Å². The van der Waals surface area contributed by atoms with Gasteiger partial charge in [0, 0.05) is 31.6 Å². The van der Waals surface area contributed by atoms with Gasteiger partial charge < -0.3 is 19.2 Å². The molecule has 2 N–H and O–H groups in total. The summed E-state index contributed by atoms with van der Waals surface area (Å²) in [6, 6.07) is 1.22. The molecule has 9 heteroatoms. The van der Waals surface area contributed by atoms with E-state index in [1.54, 1.807) is 14.0 Å². The highest BCUT2D eigenvalue weighted by atomic mass is 32.2. The van der Waals surface area contributed by atoms with Gasteiger partial charge in [-0.25, -0.2) is 17.9 Å². The molecule has 0 atom stereocenters. The number of sulfonamides is 1. The second-order valence-electron chi connectivity index (χ2n) is 6.25. The van der Waals surface area contributed by atoms with Crippen LogP contribution >= 0.6 is 0 Å². The van der Waals surface area contributed by atoms with Crippen LogP contribution in [-0.4, -0.2) is 54.8 Å². The van der Waals surface area contributed by atoms with Crippen LogP contribution in [0.5, 0.6) is 0 Å². The summed E-state index contributed by atoms with van der Waals surface area (Å²) < 4.78 is 43.4. The SMILES string of the molecule is CCc1oc(C(=O)OC)cc1S(=O)(=O)NCC1(COC)CCNCC1. The van der Waals surface area contributed by atoms with E-state index in [2.05, 4.69) is 14.8 Å². The number of hydrogen-bond donors (Lipinski definition) is 2. The van der Waals surface area contributed by atoms with Gasteiger partial charge in [-0.15, -0.1) is 0 Å². The third kappa shape index (κ3) is 4.60. The molecule has 1 fully saturated rings. The minimum absolute atomic E-state index is 0.0168. The first kappa shape index (κ1) is 19.9. The van der Waals surface area contributed by atoms with E-state index >= 15 is 0 Å². The summed E-state index contributed by atoms with van der Waals surface area (Å²) in [7, 11) is -0.973. The van der Waals surface area contributed by atoms with Crippen molar-refractivity contribution in [3.8, 4) is 0 Å². The Bertz CT molecular complexity index is 686. The van der Waals surface area contributed by atoms with Crippen LogP contribution < -0.4 is 10.0 Å². The topological polar surface area (TPSA) is 107 Å². The van der Waals surface area contributed by atoms with Crippen molar-refractivity contribution in [2.75, 3.05) is 40.5 Å². The average Bonchev–Trinajstić information content (AvgIpc) is 3.06. The molecule has 0 spiro atoms. The number of aryl methyl sites for hydroxylation is 1. The zero-order valence-corrected chi connectivity index (χ0v) is 15.7. The van der Waals surface area contributed by atoms with Crippen LogP contribution in [0.15, 0.2) is 15.4 Å². The van der Waals surface area contributed by atoms with Crippen molar-refractivity contribution in [3.63, 3.8) is 0 Å². The number of nitrogens with one attached hydrogen (secondary N) is 2. The normalized spacial score (nSPS) is 17.4. The highest BCUT2D eigenvalue weighted by Gasteiger charge is 2.34. The molecule has 1 aromatic heterocycles. The Hall–Kier alpha value is -1.42. The van der Waals surface area contributed by atoms with Crippen molar-refractivity contribution in [1.82, 2.24) is 10.0 Å². The predicted molar refractivity (Wildman–Crippen MR) is 91.0 cm³/mol. The second-order valence-corrected chi connectivity index (χ2v) is 7.99. The van der Waals surface area contributed by atoms with Gasteiger partial charge in [-0.1, -0.05) is 6.92 Å². The fourth-order valence-corrected chi connectivity index (χ4v) is 4.45. The number of rotatable bonds is 8. The largest absolute Gasteiger partial charge is 0.463 e. The molecule has 0 bridgehead atoms. The van der Waals surface area contributed by atoms with Gasteiger partial charge in [0.1, 0.15) is 10.7 Å². The number of methoxy groups -OCH3 is 2. The number of esters is 1. The first-order chi connectivity index (χ1) is 11.9. The van der Waals surface area contributed by atoms with Crippen LogP contribution in [0.25, 0.3) is 0 Å². The van der Waals surface area contributed by atoms with E-state index in [1.807, 2.05) is 0 Å². The van der Waals surface area contributed by atoms with Gasteiger partial charge in [0.2, 0.25) is 15.8 Å². The minimum Gasteiger partial charge on any atom is -0.463 e. The van der Waals surface area contributed by atoms with E-state index in [0.717, 1.165) is 25.9 Å². The molecule has 1 saturated heterocycles. The van der Waals surface area contributed by atoms with Gasteiger partial charge >= 0.3 is 5.97 Å². The quantitative estimate of drug-likeness (QED) is 0.652. The molecular formula is C16H26N2O6S. The van der Waals surface area contributed by atoms with Crippen molar-refractivity contribution in [3.05, 3.63) is 17.6 Å². The summed E-state index contributed by atoms with van der Waals surface area (Å²) in [6.07, 6.45) is 1.99. The lowest BCUT2D eigenvalue weighted by Crippen LogP contribution is -2.47. The van der Waals surface area contributed by atoms with E-state index in [0.29, 0.717) is 13.0 Å². The number of furan rings is 1. The van der Waals surface area contributed by atoms with Crippen LogP contribution in [-0.2, 0) is 25.9 Å². The fourth-order valence-electron chi connectivity index (χ4n) is 3.05. The first-order valence-electron chi connectivity index (χ1n) is 8.28. The summed E-state index contributed by atoms with van der Waals surface area (Å²) in [5.74, 6) is -0.586. The molecule has 8 nitrogen and oxygen atoms in total. The number of carbonyl (C=O) groups is 1. The molecule has 1 aliphatic rings. The smallest absolute Gasteiger partial charge is 0.373 e. The van der Waals surface area contributed by atoms with E-state index in [9.17, 15) is 13.2 Å². The van der Waals surface area contributed by atoms with Crippen molar-refractivity contribution in [1.29, 1.82) is 0 Å². The number of carbonyl (C=O) groups excluding carboxylic acids is 1. The highest BCUT2D eigenvalue weighted by molar-refractivity contribution is 7.89. The van der Waals surface area contributed by atoms with Gasteiger partial charge in [-0.05, 0) is 25.9 Å². The van der Waals surface area contributed by atoms with E-state index in [4.69, 9.17) is 9.15 Å². The number of ether oxygens (including phenoxy) is 2. The van der Waals surface area contributed by atoms with Crippen molar-refractivity contribution in [2.45, 2.75) is 31.1 Å². The Morgan fingerprint density at radius 2 is 2.04 bits per heavy atom. The van der Waals surface area contributed by atoms with Crippen LogP contribution in [0.3, 0.4) is 0 Å². The molecule has 1 aliphatic heterocycles. The average molecular weight is 374 g/mol. The van der Waals surface area contributed by atoms with Crippen LogP contribution in [0.2, 0.25) is 0 Å². The summed E-state index contributed by atoms with van der Waals surface area (Å²) in [4.78, 5) is 11.6. The van der Waals surface area contributed by atoms with E-state index in [1.165, 1.54) is 13.2 Å². The second kappa shape index (κ2) is 8.31. The predicted octanol–water partition coefficient (Wildman–Crippen LogP) is 0.923. The van der Waals surface area contributed by atoms with Gasteiger partial charge in [-0.2, -0.15) is 0 Å². The molecule has 0 aromatic carbocycles. The third-order valence-corrected chi connectivity index (χ3v) is 5.97. The number of piperidine rings is 1. The van der Waals surface area contributed by atoms with Crippen molar-refractivity contribution >= 4 is 16.0 Å². The van der Waals surface area contributed by atoms with Crippen LogP contribution in [0, 0.1) is 5.41 Å². The zero-order valence-electron chi connectivity index (χ0n) is 14.9. The Labute approximate surface area is 148 Å². The Kier molecular flexibility index (Phi) is 6.61. The maximum Gasteiger partial charge on any atom is 0.373 e. The molecule has 142 valence electrons. The molecule has 0 unspecified atom stereocenters. The third-order valence-electron chi connectivity index (χ3n) is 4.52. The molecule has 0 radical (unpaired) electrons. The molecule has 0 aliphatic carbocycles. The highest BCUT2D eigenvalue weighted by Crippen LogP contribution is 2.29.